The predicted molar refractivity (Wildman–Crippen MR) is 80.2 cm³/mol. The molecule has 0 amide bonds. The van der Waals surface area contributed by atoms with E-state index in [4.69, 9.17) is 10.5 Å². The van der Waals surface area contributed by atoms with Crippen molar-refractivity contribution in [2.24, 2.45) is 17.6 Å². The van der Waals surface area contributed by atoms with Crippen LogP contribution in [0.25, 0.3) is 0 Å². The number of hydrogen-bond acceptors (Lipinski definition) is 3. The molecule has 1 saturated heterocycles. The minimum Gasteiger partial charge on any atom is -0.380 e. The molecule has 0 aromatic heterocycles. The van der Waals surface area contributed by atoms with E-state index in [-0.39, 0.29) is 5.54 Å². The number of nitrogens with two attached hydrogens (primary N) is 1. The molecule has 0 aromatic rings. The Morgan fingerprint density at radius 1 is 1.26 bits per heavy atom. The Balaban J connectivity index is 2.02. The fraction of sp³-hybridized carbons (Fsp3) is 1.00. The van der Waals surface area contributed by atoms with Crippen LogP contribution in [0, 0.1) is 11.8 Å². The minimum atomic E-state index is 0.269. The maximum atomic E-state index is 6.23. The molecule has 112 valence electrons. The molecule has 2 atom stereocenters. The van der Waals surface area contributed by atoms with E-state index in [9.17, 15) is 0 Å². The Kier molecular flexibility index (Phi) is 5.67. The SMILES string of the molecule is CC(C)CC1CCCC(CN)(N2CCCOCC2)C1. The van der Waals surface area contributed by atoms with Crippen molar-refractivity contribution in [2.75, 3.05) is 32.8 Å². The molecule has 0 aromatic carbocycles. The standard InChI is InChI=1S/C16H32N2O/c1-14(2)11-15-5-3-6-16(12-15,13-17)18-7-4-9-19-10-8-18/h14-15H,3-13,17H2,1-2H3. The van der Waals surface area contributed by atoms with Gasteiger partial charge in [0.15, 0.2) is 0 Å². The molecule has 3 nitrogen and oxygen atoms in total. The van der Waals surface area contributed by atoms with Crippen LogP contribution in [0.4, 0.5) is 0 Å². The van der Waals surface area contributed by atoms with Gasteiger partial charge in [0, 0.05) is 31.8 Å². The Labute approximate surface area is 118 Å². The largest absolute Gasteiger partial charge is 0.380 e. The Morgan fingerprint density at radius 2 is 2.11 bits per heavy atom. The van der Waals surface area contributed by atoms with E-state index in [1.807, 2.05) is 0 Å². The summed E-state index contributed by atoms with van der Waals surface area (Å²) in [5.74, 6) is 1.69. The zero-order valence-corrected chi connectivity index (χ0v) is 12.9. The van der Waals surface area contributed by atoms with E-state index < -0.39 is 0 Å². The summed E-state index contributed by atoms with van der Waals surface area (Å²) >= 11 is 0. The van der Waals surface area contributed by atoms with Crippen LogP contribution in [0.15, 0.2) is 0 Å². The topological polar surface area (TPSA) is 38.5 Å². The van der Waals surface area contributed by atoms with Gasteiger partial charge in [0.2, 0.25) is 0 Å². The van der Waals surface area contributed by atoms with Crippen molar-refractivity contribution in [3.05, 3.63) is 0 Å². The summed E-state index contributed by atoms with van der Waals surface area (Å²) in [5.41, 5.74) is 6.50. The molecule has 3 heteroatoms. The average molecular weight is 268 g/mol. The molecular weight excluding hydrogens is 236 g/mol. The van der Waals surface area contributed by atoms with Crippen LogP contribution < -0.4 is 5.73 Å². The van der Waals surface area contributed by atoms with Crippen molar-refractivity contribution < 1.29 is 4.74 Å². The van der Waals surface area contributed by atoms with Gasteiger partial charge in [0.25, 0.3) is 0 Å². The molecule has 2 rings (SSSR count). The second-order valence-electron chi connectivity index (χ2n) is 6.97. The van der Waals surface area contributed by atoms with Crippen molar-refractivity contribution in [1.82, 2.24) is 4.90 Å². The summed E-state index contributed by atoms with van der Waals surface area (Å²) in [5, 5.41) is 0. The van der Waals surface area contributed by atoms with E-state index in [0.29, 0.717) is 0 Å². The van der Waals surface area contributed by atoms with E-state index in [1.165, 1.54) is 38.6 Å². The molecule has 19 heavy (non-hydrogen) atoms. The van der Waals surface area contributed by atoms with Gasteiger partial charge in [-0.1, -0.05) is 26.7 Å². The number of rotatable bonds is 4. The van der Waals surface area contributed by atoms with Gasteiger partial charge in [-0.15, -0.1) is 0 Å². The second kappa shape index (κ2) is 7.05. The zero-order valence-electron chi connectivity index (χ0n) is 12.9. The van der Waals surface area contributed by atoms with Crippen molar-refractivity contribution in [1.29, 1.82) is 0 Å². The zero-order chi connectivity index (χ0) is 13.7. The Hall–Kier alpha value is -0.120. The molecule has 1 heterocycles. The van der Waals surface area contributed by atoms with Crippen LogP contribution in [-0.2, 0) is 4.74 Å². The maximum Gasteiger partial charge on any atom is 0.0593 e. The van der Waals surface area contributed by atoms with Gasteiger partial charge in [-0.05, 0) is 37.5 Å². The fourth-order valence-electron chi connectivity index (χ4n) is 4.15. The molecule has 0 bridgehead atoms. The van der Waals surface area contributed by atoms with Gasteiger partial charge >= 0.3 is 0 Å². The molecule has 2 N–H and O–H groups in total. The van der Waals surface area contributed by atoms with Gasteiger partial charge in [-0.2, -0.15) is 0 Å². The third-order valence-corrected chi connectivity index (χ3v) is 5.00. The van der Waals surface area contributed by atoms with Crippen molar-refractivity contribution in [3.63, 3.8) is 0 Å². The highest BCUT2D eigenvalue weighted by atomic mass is 16.5. The first-order chi connectivity index (χ1) is 9.16. The van der Waals surface area contributed by atoms with Crippen molar-refractivity contribution in [2.45, 2.75) is 57.9 Å². The lowest BCUT2D eigenvalue weighted by molar-refractivity contribution is 0.0285. The highest BCUT2D eigenvalue weighted by Crippen LogP contribution is 2.39. The molecule has 2 fully saturated rings. The molecule has 2 aliphatic rings. The molecule has 0 spiro atoms. The molecular formula is C16H32N2O. The Morgan fingerprint density at radius 3 is 2.84 bits per heavy atom. The summed E-state index contributed by atoms with van der Waals surface area (Å²) in [6, 6.07) is 0. The van der Waals surface area contributed by atoms with E-state index in [0.717, 1.165) is 44.6 Å². The van der Waals surface area contributed by atoms with E-state index in [1.54, 1.807) is 0 Å². The molecule has 0 radical (unpaired) electrons. The minimum absolute atomic E-state index is 0.269. The lowest BCUT2D eigenvalue weighted by Crippen LogP contribution is -2.57. The maximum absolute atomic E-state index is 6.23. The smallest absolute Gasteiger partial charge is 0.0593 e. The molecule has 2 unspecified atom stereocenters. The summed E-state index contributed by atoms with van der Waals surface area (Å²) in [4.78, 5) is 2.66. The van der Waals surface area contributed by atoms with E-state index >= 15 is 0 Å². The van der Waals surface area contributed by atoms with Crippen LogP contribution in [0.2, 0.25) is 0 Å². The van der Waals surface area contributed by atoms with Gasteiger partial charge in [-0.25, -0.2) is 0 Å². The lowest BCUT2D eigenvalue weighted by Gasteiger charge is -2.48. The third kappa shape index (κ3) is 3.93. The summed E-state index contributed by atoms with van der Waals surface area (Å²) < 4.78 is 5.61. The number of hydrogen-bond donors (Lipinski definition) is 1. The monoisotopic (exact) mass is 268 g/mol. The summed E-state index contributed by atoms with van der Waals surface area (Å²) in [6.07, 6.45) is 7.89. The highest BCUT2D eigenvalue weighted by molar-refractivity contribution is 4.97. The van der Waals surface area contributed by atoms with Crippen LogP contribution in [-0.4, -0.2) is 43.3 Å². The number of nitrogens with zero attached hydrogens (tertiary/aromatic N) is 1. The first-order valence-electron chi connectivity index (χ1n) is 8.19. The highest BCUT2D eigenvalue weighted by Gasteiger charge is 2.40. The van der Waals surface area contributed by atoms with Gasteiger partial charge < -0.3 is 10.5 Å². The Bertz CT molecular complexity index is 261. The second-order valence-corrected chi connectivity index (χ2v) is 6.97. The van der Waals surface area contributed by atoms with Gasteiger partial charge in [0.1, 0.15) is 0 Å². The van der Waals surface area contributed by atoms with Gasteiger partial charge in [-0.3, -0.25) is 4.90 Å². The molecule has 1 aliphatic carbocycles. The van der Waals surface area contributed by atoms with Crippen molar-refractivity contribution >= 4 is 0 Å². The van der Waals surface area contributed by atoms with Crippen molar-refractivity contribution in [3.8, 4) is 0 Å². The van der Waals surface area contributed by atoms with Gasteiger partial charge in [0.05, 0.1) is 6.61 Å². The van der Waals surface area contributed by atoms with Crippen LogP contribution in [0.5, 0.6) is 0 Å². The molecule has 1 saturated carbocycles. The van der Waals surface area contributed by atoms with E-state index in [2.05, 4.69) is 18.7 Å². The average Bonchev–Trinajstić information content (AvgIpc) is 2.67. The lowest BCUT2D eigenvalue weighted by atomic mass is 9.72. The summed E-state index contributed by atoms with van der Waals surface area (Å²) in [6.45, 7) is 9.57. The molecule has 1 aliphatic heterocycles. The first-order valence-corrected chi connectivity index (χ1v) is 8.19. The third-order valence-electron chi connectivity index (χ3n) is 5.00. The first kappa shape index (κ1) is 15.3. The summed E-state index contributed by atoms with van der Waals surface area (Å²) in [7, 11) is 0. The van der Waals surface area contributed by atoms with Crippen LogP contribution in [0.3, 0.4) is 0 Å². The van der Waals surface area contributed by atoms with Crippen LogP contribution in [0.1, 0.15) is 52.4 Å². The number of ether oxygens (including phenoxy) is 1. The van der Waals surface area contributed by atoms with Crippen LogP contribution >= 0.6 is 0 Å². The normalized spacial score (nSPS) is 34.4. The quantitative estimate of drug-likeness (QED) is 0.852. The fourth-order valence-corrected chi connectivity index (χ4v) is 4.15. The predicted octanol–water partition coefficient (Wildman–Crippen LogP) is 2.64.